The Kier molecular flexibility index (Phi) is 10.3. The lowest BCUT2D eigenvalue weighted by Gasteiger charge is -2.37. The van der Waals surface area contributed by atoms with Crippen LogP contribution in [-0.4, -0.2) is 48.8 Å². The fourth-order valence-corrected chi connectivity index (χ4v) is 4.89. The van der Waals surface area contributed by atoms with Gasteiger partial charge in [-0.1, -0.05) is 36.4 Å². The predicted octanol–water partition coefficient (Wildman–Crippen LogP) is 4.61. The van der Waals surface area contributed by atoms with Crippen LogP contribution in [0.5, 0.6) is 0 Å². The third kappa shape index (κ3) is 6.68. The largest absolute Gasteiger partial charge is 0.393 e. The van der Waals surface area contributed by atoms with Crippen molar-refractivity contribution < 1.29 is 5.11 Å². The van der Waals surface area contributed by atoms with Gasteiger partial charge in [0.1, 0.15) is 0 Å². The first-order chi connectivity index (χ1) is 14.2. The van der Waals surface area contributed by atoms with Gasteiger partial charge in [-0.2, -0.15) is 5.26 Å². The average Bonchev–Trinajstić information content (AvgIpc) is 2.79. The Morgan fingerprint density at radius 2 is 1.65 bits per heavy atom. The van der Waals surface area contributed by atoms with Crippen molar-refractivity contribution in [3.05, 3.63) is 59.7 Å². The van der Waals surface area contributed by atoms with Crippen LogP contribution < -0.4 is 5.32 Å². The van der Waals surface area contributed by atoms with Crippen LogP contribution in [0.4, 0.5) is 0 Å². The van der Waals surface area contributed by atoms with Gasteiger partial charge in [0.15, 0.2) is 0 Å². The fourth-order valence-electron chi connectivity index (χ4n) is 4.89. The van der Waals surface area contributed by atoms with Gasteiger partial charge in [0.25, 0.3) is 0 Å². The number of nitriles is 1. The molecule has 0 aromatic heterocycles. The van der Waals surface area contributed by atoms with Gasteiger partial charge in [-0.05, 0) is 66.3 Å². The molecular weight excluding hydrogens is 429 g/mol. The van der Waals surface area contributed by atoms with E-state index in [-0.39, 0.29) is 30.9 Å². The molecule has 1 aliphatic carbocycles. The standard InChI is InChI=1S/C25H31N3O.2ClH/c26-17-19-2-1-3-23(16-19)20-4-6-21(7-5-20)25(18-28-14-12-27-13-15-28)22-8-10-24(29)11-9-22;;/h1-7,16,22,24-25,27,29H,8-15,18H2;2*1H. The molecule has 1 saturated carbocycles. The number of hydrogen-bond donors (Lipinski definition) is 2. The van der Waals surface area contributed by atoms with Crippen LogP contribution in [0, 0.1) is 17.2 Å². The van der Waals surface area contributed by atoms with Crippen LogP contribution in [0.2, 0.25) is 0 Å². The maximum absolute atomic E-state index is 9.96. The van der Waals surface area contributed by atoms with Gasteiger partial charge in [0.05, 0.1) is 17.7 Å². The minimum atomic E-state index is -0.110. The zero-order chi connectivity index (χ0) is 20.1. The molecule has 31 heavy (non-hydrogen) atoms. The maximum Gasteiger partial charge on any atom is 0.0991 e. The number of nitrogens with zero attached hydrogens (tertiary/aromatic N) is 2. The Balaban J connectivity index is 0.00000171. The van der Waals surface area contributed by atoms with Gasteiger partial charge in [-0.25, -0.2) is 0 Å². The van der Waals surface area contributed by atoms with Crippen molar-refractivity contribution in [3.63, 3.8) is 0 Å². The number of piperazine rings is 1. The minimum absolute atomic E-state index is 0. The van der Waals surface area contributed by atoms with E-state index in [0.717, 1.165) is 69.5 Å². The normalized spacial score (nSPS) is 22.5. The second kappa shape index (κ2) is 12.4. The third-order valence-corrected chi connectivity index (χ3v) is 6.64. The number of rotatable bonds is 5. The molecule has 0 spiro atoms. The summed E-state index contributed by atoms with van der Waals surface area (Å²) in [6.45, 7) is 5.48. The predicted molar refractivity (Wildman–Crippen MR) is 131 cm³/mol. The lowest BCUT2D eigenvalue weighted by molar-refractivity contribution is 0.0932. The molecule has 1 aliphatic heterocycles. The molecule has 0 amide bonds. The van der Waals surface area contributed by atoms with E-state index in [1.807, 2.05) is 18.2 Å². The maximum atomic E-state index is 9.96. The Morgan fingerprint density at radius 3 is 2.29 bits per heavy atom. The summed E-state index contributed by atoms with van der Waals surface area (Å²) in [4.78, 5) is 2.59. The summed E-state index contributed by atoms with van der Waals surface area (Å²) in [5.74, 6) is 1.15. The van der Waals surface area contributed by atoms with Crippen LogP contribution in [0.15, 0.2) is 48.5 Å². The van der Waals surface area contributed by atoms with Crippen LogP contribution in [0.25, 0.3) is 11.1 Å². The highest BCUT2D eigenvalue weighted by Gasteiger charge is 2.29. The highest BCUT2D eigenvalue weighted by molar-refractivity contribution is 5.85. The number of halogens is 2. The van der Waals surface area contributed by atoms with Gasteiger partial charge >= 0.3 is 0 Å². The molecule has 2 aromatic carbocycles. The zero-order valence-electron chi connectivity index (χ0n) is 17.9. The minimum Gasteiger partial charge on any atom is -0.393 e. The van der Waals surface area contributed by atoms with Crippen molar-refractivity contribution in [1.82, 2.24) is 10.2 Å². The summed E-state index contributed by atoms with van der Waals surface area (Å²) in [5, 5.41) is 22.6. The Hall–Kier alpha value is -1.61. The molecule has 2 fully saturated rings. The second-order valence-electron chi connectivity index (χ2n) is 8.54. The molecule has 2 aromatic rings. The number of aliphatic hydroxyl groups excluding tert-OH is 1. The van der Waals surface area contributed by atoms with Crippen molar-refractivity contribution >= 4 is 24.8 Å². The molecule has 1 unspecified atom stereocenters. The molecule has 4 nitrogen and oxygen atoms in total. The van der Waals surface area contributed by atoms with Gasteiger partial charge in [0.2, 0.25) is 0 Å². The summed E-state index contributed by atoms with van der Waals surface area (Å²) in [7, 11) is 0. The molecule has 2 aliphatic rings. The third-order valence-electron chi connectivity index (χ3n) is 6.64. The summed E-state index contributed by atoms with van der Waals surface area (Å²) < 4.78 is 0. The van der Waals surface area contributed by atoms with E-state index < -0.39 is 0 Å². The zero-order valence-corrected chi connectivity index (χ0v) is 19.5. The average molecular weight is 462 g/mol. The summed E-state index contributed by atoms with van der Waals surface area (Å²) >= 11 is 0. The van der Waals surface area contributed by atoms with Crippen LogP contribution in [0.3, 0.4) is 0 Å². The molecule has 1 heterocycles. The smallest absolute Gasteiger partial charge is 0.0991 e. The van der Waals surface area contributed by atoms with Crippen molar-refractivity contribution in [2.75, 3.05) is 32.7 Å². The first-order valence-electron chi connectivity index (χ1n) is 10.9. The Bertz CT molecular complexity index is 839. The number of aliphatic hydroxyl groups is 1. The first kappa shape index (κ1) is 25.6. The summed E-state index contributed by atoms with van der Waals surface area (Å²) in [6.07, 6.45) is 3.98. The lowest BCUT2D eigenvalue weighted by atomic mass is 9.75. The molecule has 6 heteroatoms. The van der Waals surface area contributed by atoms with E-state index in [4.69, 9.17) is 5.26 Å². The van der Waals surface area contributed by atoms with E-state index in [1.54, 1.807) is 0 Å². The monoisotopic (exact) mass is 461 g/mol. The topological polar surface area (TPSA) is 59.3 Å². The molecule has 0 radical (unpaired) electrons. The molecular formula is C25H33Cl2N3O. The quantitative estimate of drug-likeness (QED) is 0.682. The SMILES string of the molecule is Cl.Cl.N#Cc1cccc(-c2ccc(C(CN3CCNCC3)C3CCC(O)CC3)cc2)c1. The number of hydrogen-bond acceptors (Lipinski definition) is 4. The Labute approximate surface area is 198 Å². The fraction of sp³-hybridized carbons (Fsp3) is 0.480. The summed E-state index contributed by atoms with van der Waals surface area (Å²) in [5.41, 5.74) is 4.36. The second-order valence-corrected chi connectivity index (χ2v) is 8.54. The van der Waals surface area contributed by atoms with Crippen molar-refractivity contribution in [3.8, 4) is 17.2 Å². The van der Waals surface area contributed by atoms with Crippen LogP contribution >= 0.6 is 24.8 Å². The van der Waals surface area contributed by atoms with Gasteiger partial charge in [0, 0.05) is 32.7 Å². The van der Waals surface area contributed by atoms with Crippen LogP contribution in [-0.2, 0) is 0 Å². The van der Waals surface area contributed by atoms with Crippen molar-refractivity contribution in [1.29, 1.82) is 5.26 Å². The van der Waals surface area contributed by atoms with E-state index in [9.17, 15) is 5.11 Å². The Morgan fingerprint density at radius 1 is 0.968 bits per heavy atom. The molecule has 0 bridgehead atoms. The van der Waals surface area contributed by atoms with Crippen LogP contribution in [0.1, 0.15) is 42.7 Å². The number of nitrogens with one attached hydrogen (secondary N) is 1. The lowest BCUT2D eigenvalue weighted by Crippen LogP contribution is -2.46. The van der Waals surface area contributed by atoms with Gasteiger partial charge in [-0.15, -0.1) is 24.8 Å². The van der Waals surface area contributed by atoms with E-state index in [1.165, 1.54) is 5.56 Å². The highest BCUT2D eigenvalue weighted by Crippen LogP contribution is 2.37. The first-order valence-corrected chi connectivity index (χ1v) is 10.9. The molecule has 1 atom stereocenters. The van der Waals surface area contributed by atoms with E-state index >= 15 is 0 Å². The van der Waals surface area contributed by atoms with E-state index in [2.05, 4.69) is 46.6 Å². The molecule has 168 valence electrons. The van der Waals surface area contributed by atoms with Crippen molar-refractivity contribution in [2.45, 2.75) is 37.7 Å². The molecule has 1 saturated heterocycles. The van der Waals surface area contributed by atoms with Crippen molar-refractivity contribution in [2.24, 2.45) is 5.92 Å². The summed E-state index contributed by atoms with van der Waals surface area (Å²) in [6, 6.07) is 19.0. The molecule has 2 N–H and O–H groups in total. The highest BCUT2D eigenvalue weighted by atomic mass is 35.5. The van der Waals surface area contributed by atoms with Gasteiger partial charge < -0.3 is 15.3 Å². The number of benzene rings is 2. The molecule has 4 rings (SSSR count). The van der Waals surface area contributed by atoms with Gasteiger partial charge in [-0.3, -0.25) is 0 Å². The van der Waals surface area contributed by atoms with E-state index in [0.29, 0.717) is 17.4 Å².